The molecule has 106 valence electrons. The lowest BCUT2D eigenvalue weighted by Crippen LogP contribution is -1.86. The first-order valence-corrected chi connectivity index (χ1v) is 7.14. The molecule has 0 spiro atoms. The van der Waals surface area contributed by atoms with E-state index in [1.54, 1.807) is 0 Å². The summed E-state index contributed by atoms with van der Waals surface area (Å²) >= 11 is 0. The van der Waals surface area contributed by atoms with Crippen molar-refractivity contribution in [2.45, 2.75) is 0 Å². The van der Waals surface area contributed by atoms with Crippen LogP contribution >= 0.6 is 0 Å². The van der Waals surface area contributed by atoms with Crippen molar-refractivity contribution in [1.82, 2.24) is 4.98 Å². The predicted octanol–water partition coefficient (Wildman–Crippen LogP) is 4.80. The number of hydrogen-bond donors (Lipinski definition) is 2. The van der Waals surface area contributed by atoms with Gasteiger partial charge in [0.25, 0.3) is 0 Å². The Morgan fingerprint density at radius 1 is 0.864 bits per heavy atom. The van der Waals surface area contributed by atoms with Crippen molar-refractivity contribution in [2.24, 2.45) is 5.16 Å². The third-order valence-electron chi connectivity index (χ3n) is 3.97. The minimum absolute atomic E-state index is 0.897. The average molecular weight is 286 g/mol. The van der Waals surface area contributed by atoms with E-state index in [2.05, 4.69) is 40.5 Å². The van der Waals surface area contributed by atoms with Gasteiger partial charge in [0, 0.05) is 16.5 Å². The lowest BCUT2D eigenvalue weighted by atomic mass is 10.0. The first kappa shape index (κ1) is 12.7. The summed E-state index contributed by atoms with van der Waals surface area (Å²) in [4.78, 5) is 3.43. The number of oxime groups is 1. The summed E-state index contributed by atoms with van der Waals surface area (Å²) in [6, 6.07) is 22.6. The van der Waals surface area contributed by atoms with Gasteiger partial charge in [0.2, 0.25) is 0 Å². The Labute approximate surface area is 127 Å². The lowest BCUT2D eigenvalue weighted by Gasteiger charge is -2.03. The van der Waals surface area contributed by atoms with Crippen molar-refractivity contribution in [3.8, 4) is 11.3 Å². The molecule has 2 N–H and O–H groups in total. The fourth-order valence-corrected chi connectivity index (χ4v) is 2.93. The number of nitrogens with zero attached hydrogens (tertiary/aromatic N) is 1. The molecule has 0 aliphatic carbocycles. The van der Waals surface area contributed by atoms with Crippen LogP contribution in [-0.2, 0) is 0 Å². The Morgan fingerprint density at radius 2 is 1.64 bits per heavy atom. The van der Waals surface area contributed by atoms with Crippen LogP contribution in [0.2, 0.25) is 0 Å². The van der Waals surface area contributed by atoms with E-state index in [1.165, 1.54) is 17.0 Å². The highest BCUT2D eigenvalue weighted by Crippen LogP contribution is 2.31. The summed E-state index contributed by atoms with van der Waals surface area (Å²) in [5.41, 5.74) is 3.96. The molecule has 3 aromatic carbocycles. The van der Waals surface area contributed by atoms with E-state index in [0.29, 0.717) is 0 Å². The molecular formula is C19H14N2O. The van der Waals surface area contributed by atoms with Crippen molar-refractivity contribution in [3.05, 3.63) is 72.3 Å². The number of aromatic nitrogens is 1. The minimum Gasteiger partial charge on any atom is -0.411 e. The van der Waals surface area contributed by atoms with Crippen LogP contribution in [0.15, 0.2) is 71.9 Å². The number of aromatic amines is 1. The SMILES string of the molecule is ON=Cc1c(-c2ccc3ccccc3c2)[nH]c2ccccc12. The van der Waals surface area contributed by atoms with Crippen molar-refractivity contribution >= 4 is 27.9 Å². The average Bonchev–Trinajstić information content (AvgIpc) is 2.94. The Hall–Kier alpha value is -3.07. The normalized spacial score (nSPS) is 11.6. The van der Waals surface area contributed by atoms with Crippen molar-refractivity contribution in [2.75, 3.05) is 0 Å². The number of benzene rings is 3. The van der Waals surface area contributed by atoms with Crippen LogP contribution in [-0.4, -0.2) is 16.4 Å². The van der Waals surface area contributed by atoms with Crippen LogP contribution in [0.25, 0.3) is 32.9 Å². The zero-order valence-corrected chi connectivity index (χ0v) is 11.8. The second-order valence-electron chi connectivity index (χ2n) is 5.27. The van der Waals surface area contributed by atoms with Gasteiger partial charge in [0.1, 0.15) is 0 Å². The van der Waals surface area contributed by atoms with Crippen molar-refractivity contribution in [3.63, 3.8) is 0 Å². The molecule has 0 saturated heterocycles. The standard InChI is InChI=1S/C19H14N2O/c22-20-12-17-16-7-3-4-8-18(16)21-19(17)15-10-9-13-5-1-2-6-14(13)11-15/h1-12,21-22H. The maximum absolute atomic E-state index is 9.00. The summed E-state index contributed by atoms with van der Waals surface area (Å²) < 4.78 is 0. The first-order chi connectivity index (χ1) is 10.9. The van der Waals surface area contributed by atoms with Crippen LogP contribution in [0, 0.1) is 0 Å². The van der Waals surface area contributed by atoms with Gasteiger partial charge in [-0.3, -0.25) is 0 Å². The highest BCUT2D eigenvalue weighted by atomic mass is 16.4. The van der Waals surface area contributed by atoms with Crippen LogP contribution in [0.4, 0.5) is 0 Å². The molecule has 0 amide bonds. The van der Waals surface area contributed by atoms with Gasteiger partial charge in [-0.05, 0) is 28.5 Å². The molecule has 0 radical (unpaired) electrons. The van der Waals surface area contributed by atoms with Crippen LogP contribution < -0.4 is 0 Å². The molecule has 3 heteroatoms. The number of para-hydroxylation sites is 1. The van der Waals surface area contributed by atoms with Gasteiger partial charge in [-0.25, -0.2) is 0 Å². The topological polar surface area (TPSA) is 48.4 Å². The van der Waals surface area contributed by atoms with Crippen LogP contribution in [0.5, 0.6) is 0 Å². The van der Waals surface area contributed by atoms with Crippen molar-refractivity contribution < 1.29 is 5.21 Å². The number of rotatable bonds is 2. The maximum Gasteiger partial charge on any atom is 0.0761 e. The zero-order valence-electron chi connectivity index (χ0n) is 11.8. The molecule has 1 heterocycles. The highest BCUT2D eigenvalue weighted by molar-refractivity contribution is 6.06. The summed E-state index contributed by atoms with van der Waals surface area (Å²) in [6.07, 6.45) is 1.49. The summed E-state index contributed by atoms with van der Waals surface area (Å²) in [5.74, 6) is 0. The van der Waals surface area contributed by atoms with E-state index in [-0.39, 0.29) is 0 Å². The van der Waals surface area contributed by atoms with Gasteiger partial charge in [-0.2, -0.15) is 0 Å². The van der Waals surface area contributed by atoms with E-state index in [9.17, 15) is 0 Å². The highest BCUT2D eigenvalue weighted by Gasteiger charge is 2.11. The number of H-pyrrole nitrogens is 1. The second kappa shape index (κ2) is 5.04. The molecule has 0 fully saturated rings. The van der Waals surface area contributed by atoms with Crippen molar-refractivity contribution in [1.29, 1.82) is 0 Å². The Kier molecular flexibility index (Phi) is 2.90. The monoisotopic (exact) mass is 286 g/mol. The minimum atomic E-state index is 0.897. The molecule has 0 unspecified atom stereocenters. The maximum atomic E-state index is 9.00. The molecule has 4 rings (SSSR count). The molecule has 0 aliphatic rings. The van der Waals surface area contributed by atoms with Crippen LogP contribution in [0.1, 0.15) is 5.56 Å². The number of hydrogen-bond acceptors (Lipinski definition) is 2. The smallest absolute Gasteiger partial charge is 0.0761 e. The molecule has 0 aliphatic heterocycles. The van der Waals surface area contributed by atoms with Gasteiger partial charge in [0.15, 0.2) is 0 Å². The molecule has 1 aromatic heterocycles. The molecule has 3 nitrogen and oxygen atoms in total. The molecule has 0 bridgehead atoms. The molecular weight excluding hydrogens is 272 g/mol. The molecule has 22 heavy (non-hydrogen) atoms. The van der Waals surface area contributed by atoms with Gasteiger partial charge in [-0.1, -0.05) is 59.8 Å². The largest absolute Gasteiger partial charge is 0.411 e. The Bertz CT molecular complexity index is 999. The third-order valence-corrected chi connectivity index (χ3v) is 3.97. The van der Waals surface area contributed by atoms with Gasteiger partial charge < -0.3 is 10.2 Å². The van der Waals surface area contributed by atoms with Gasteiger partial charge in [0.05, 0.1) is 11.9 Å². The summed E-state index contributed by atoms with van der Waals surface area (Å²) in [5, 5.41) is 15.7. The van der Waals surface area contributed by atoms with E-state index in [0.717, 1.165) is 27.7 Å². The van der Waals surface area contributed by atoms with Gasteiger partial charge >= 0.3 is 0 Å². The number of fused-ring (bicyclic) bond motifs is 2. The Morgan fingerprint density at radius 3 is 2.50 bits per heavy atom. The van der Waals surface area contributed by atoms with E-state index in [4.69, 9.17) is 5.21 Å². The quantitative estimate of drug-likeness (QED) is 0.310. The van der Waals surface area contributed by atoms with E-state index < -0.39 is 0 Å². The predicted molar refractivity (Wildman–Crippen MR) is 90.6 cm³/mol. The molecule has 0 saturated carbocycles. The van der Waals surface area contributed by atoms with Gasteiger partial charge in [-0.15, -0.1) is 0 Å². The van der Waals surface area contributed by atoms with Crippen LogP contribution in [0.3, 0.4) is 0 Å². The first-order valence-electron chi connectivity index (χ1n) is 7.14. The Balaban J connectivity index is 2.00. The lowest BCUT2D eigenvalue weighted by molar-refractivity contribution is 0.322. The third kappa shape index (κ3) is 1.95. The fraction of sp³-hybridized carbons (Fsp3) is 0. The zero-order chi connectivity index (χ0) is 14.9. The fourth-order valence-electron chi connectivity index (χ4n) is 2.93. The van der Waals surface area contributed by atoms with E-state index >= 15 is 0 Å². The van der Waals surface area contributed by atoms with E-state index in [1.807, 2.05) is 36.4 Å². The molecule has 4 aromatic rings. The second-order valence-corrected chi connectivity index (χ2v) is 5.27. The molecule has 0 atom stereocenters. The summed E-state index contributed by atoms with van der Waals surface area (Å²) in [7, 11) is 0. The number of nitrogens with one attached hydrogen (secondary N) is 1. The summed E-state index contributed by atoms with van der Waals surface area (Å²) in [6.45, 7) is 0.